The lowest BCUT2D eigenvalue weighted by molar-refractivity contribution is -0.140. The van der Waals surface area contributed by atoms with Crippen molar-refractivity contribution < 1.29 is 23.8 Å². The van der Waals surface area contributed by atoms with Gasteiger partial charge in [0.2, 0.25) is 11.8 Å². The highest BCUT2D eigenvalue weighted by Crippen LogP contribution is 2.39. The number of carbonyl (C=O) groups excluding carboxylic acids is 2. The van der Waals surface area contributed by atoms with Crippen LogP contribution in [-0.2, 0) is 27.2 Å². The molecule has 46 heavy (non-hydrogen) atoms. The summed E-state index contributed by atoms with van der Waals surface area (Å²) in [4.78, 5) is 36.0. The number of benzene rings is 3. The van der Waals surface area contributed by atoms with Gasteiger partial charge in [-0.25, -0.2) is 4.39 Å². The zero-order valence-electron chi connectivity index (χ0n) is 25.8. The minimum Gasteiger partial charge on any atom is -0.507 e. The number of hydrogen-bond donors (Lipinski definition) is 3. The van der Waals surface area contributed by atoms with Crippen LogP contribution in [0.15, 0.2) is 91.3 Å². The summed E-state index contributed by atoms with van der Waals surface area (Å²) in [5.41, 5.74) is 5.01. The number of phenolic OH excluding ortho intramolecular Hbond substituents is 1. The number of amides is 2. The van der Waals surface area contributed by atoms with E-state index in [0.29, 0.717) is 56.6 Å². The van der Waals surface area contributed by atoms with Crippen LogP contribution >= 0.6 is 0 Å². The number of phenols is 1. The van der Waals surface area contributed by atoms with Crippen LogP contribution in [0.5, 0.6) is 5.75 Å². The number of aromatic amines is 1. The predicted octanol–water partition coefficient (Wildman–Crippen LogP) is 5.90. The average Bonchev–Trinajstić information content (AvgIpc) is 3.51. The fraction of sp³-hybridized carbons (Fsp3) is 0.270. The molecule has 1 aliphatic rings. The molecular weight excluding hydrogens is 583 g/mol. The normalized spacial score (nSPS) is 14.3. The Bertz CT molecular complexity index is 1790. The third kappa shape index (κ3) is 6.65. The van der Waals surface area contributed by atoms with Crippen LogP contribution in [0.2, 0.25) is 0 Å². The molecule has 1 saturated heterocycles. The van der Waals surface area contributed by atoms with Crippen LogP contribution in [-0.4, -0.2) is 65.1 Å². The van der Waals surface area contributed by atoms with Gasteiger partial charge in [-0.05, 0) is 66.3 Å². The van der Waals surface area contributed by atoms with Crippen molar-refractivity contribution in [3.05, 3.63) is 108 Å². The quantitative estimate of drug-likeness (QED) is 0.169. The van der Waals surface area contributed by atoms with Crippen molar-refractivity contribution in [1.82, 2.24) is 20.2 Å². The first-order valence-electron chi connectivity index (χ1n) is 15.5. The van der Waals surface area contributed by atoms with Gasteiger partial charge in [0.25, 0.3) is 0 Å². The van der Waals surface area contributed by atoms with Gasteiger partial charge in [0, 0.05) is 49.5 Å². The summed E-state index contributed by atoms with van der Waals surface area (Å²) in [5.74, 6) is -0.203. The molecule has 1 aliphatic heterocycles. The summed E-state index contributed by atoms with van der Waals surface area (Å²) < 4.78 is 18.6. The Balaban J connectivity index is 1.11. The number of aromatic hydroxyl groups is 1. The first-order valence-corrected chi connectivity index (χ1v) is 15.5. The molecule has 0 spiro atoms. The molecule has 0 aliphatic carbocycles. The number of aromatic nitrogens is 2. The number of halogens is 1. The molecule has 5 aromatic rings. The van der Waals surface area contributed by atoms with Crippen LogP contribution in [0.25, 0.3) is 33.3 Å². The number of para-hydroxylation sites is 1. The van der Waals surface area contributed by atoms with E-state index < -0.39 is 5.41 Å². The Hall–Kier alpha value is -5.02. The van der Waals surface area contributed by atoms with Crippen LogP contribution in [0.4, 0.5) is 4.39 Å². The van der Waals surface area contributed by atoms with E-state index >= 15 is 0 Å². The van der Waals surface area contributed by atoms with Crippen molar-refractivity contribution in [1.29, 1.82) is 0 Å². The summed E-state index contributed by atoms with van der Waals surface area (Å²) >= 11 is 0. The predicted molar refractivity (Wildman–Crippen MR) is 176 cm³/mol. The highest BCUT2D eigenvalue weighted by Gasteiger charge is 2.42. The van der Waals surface area contributed by atoms with E-state index in [-0.39, 0.29) is 29.8 Å². The Kier molecular flexibility index (Phi) is 9.12. The number of fused-ring (bicyclic) bond motifs is 1. The fourth-order valence-corrected chi connectivity index (χ4v) is 6.32. The molecule has 6 rings (SSSR count). The second kappa shape index (κ2) is 13.5. The van der Waals surface area contributed by atoms with Crippen molar-refractivity contribution in [3.8, 4) is 28.1 Å². The number of hydrogen-bond acceptors (Lipinski definition) is 5. The fourth-order valence-electron chi connectivity index (χ4n) is 6.32. The average molecular weight is 621 g/mol. The van der Waals surface area contributed by atoms with E-state index in [2.05, 4.69) is 15.3 Å². The lowest BCUT2D eigenvalue weighted by Gasteiger charge is -2.41. The number of H-pyrrole nitrogens is 1. The molecule has 3 heterocycles. The summed E-state index contributed by atoms with van der Waals surface area (Å²) in [6.07, 6.45) is 5.23. The van der Waals surface area contributed by atoms with Crippen molar-refractivity contribution >= 4 is 22.7 Å². The Morgan fingerprint density at radius 1 is 1.00 bits per heavy atom. The molecule has 0 unspecified atom stereocenters. The maximum Gasteiger partial charge on any atom is 0.226 e. The number of nitrogens with one attached hydrogen (secondary N) is 2. The summed E-state index contributed by atoms with van der Waals surface area (Å²) in [6, 6.07) is 23.5. The molecule has 3 aromatic carbocycles. The van der Waals surface area contributed by atoms with E-state index in [1.807, 2.05) is 59.5 Å². The van der Waals surface area contributed by atoms with Gasteiger partial charge in [-0.15, -0.1) is 0 Å². The summed E-state index contributed by atoms with van der Waals surface area (Å²) in [6.45, 7) is 1.73. The summed E-state index contributed by atoms with van der Waals surface area (Å²) in [5, 5.41) is 15.2. The number of likely N-dealkylation sites (tertiary alicyclic amines) is 1. The van der Waals surface area contributed by atoms with Crippen molar-refractivity contribution in [2.75, 3.05) is 33.4 Å². The molecule has 2 amide bonds. The third-order valence-electron chi connectivity index (χ3n) is 8.97. The molecule has 1 fully saturated rings. The molecule has 0 radical (unpaired) electrons. The van der Waals surface area contributed by atoms with Crippen molar-refractivity contribution in [3.63, 3.8) is 0 Å². The van der Waals surface area contributed by atoms with Gasteiger partial charge >= 0.3 is 0 Å². The van der Waals surface area contributed by atoms with Gasteiger partial charge in [-0.3, -0.25) is 14.6 Å². The highest BCUT2D eigenvalue weighted by atomic mass is 19.1. The second-order valence-corrected chi connectivity index (χ2v) is 11.9. The largest absolute Gasteiger partial charge is 0.507 e. The van der Waals surface area contributed by atoms with E-state index in [4.69, 9.17) is 4.74 Å². The molecule has 2 aromatic heterocycles. The lowest BCUT2D eigenvalue weighted by atomic mass is 9.73. The molecule has 0 bridgehead atoms. The smallest absolute Gasteiger partial charge is 0.226 e. The molecule has 9 heteroatoms. The number of ether oxygens (including phenoxy) is 1. The van der Waals surface area contributed by atoms with Crippen molar-refractivity contribution in [2.45, 2.75) is 25.7 Å². The van der Waals surface area contributed by atoms with Crippen LogP contribution in [0.3, 0.4) is 0 Å². The summed E-state index contributed by atoms with van der Waals surface area (Å²) in [7, 11) is 1.59. The Morgan fingerprint density at radius 2 is 1.72 bits per heavy atom. The number of carbonyl (C=O) groups is 2. The maximum atomic E-state index is 13.5. The number of methoxy groups -OCH3 is 1. The lowest BCUT2D eigenvalue weighted by Crippen LogP contribution is -2.52. The molecule has 236 valence electrons. The highest BCUT2D eigenvalue weighted by molar-refractivity contribution is 5.89. The minimum atomic E-state index is -0.690. The van der Waals surface area contributed by atoms with Gasteiger partial charge in [0.15, 0.2) is 0 Å². The first-order chi connectivity index (χ1) is 22.3. The first kappa shape index (κ1) is 31.0. The number of nitrogens with zero attached hydrogens (tertiary/aromatic N) is 2. The zero-order valence-corrected chi connectivity index (χ0v) is 25.8. The minimum absolute atomic E-state index is 0.000990. The third-order valence-corrected chi connectivity index (χ3v) is 8.97. The Labute approximate surface area is 267 Å². The maximum absolute atomic E-state index is 13.5. The van der Waals surface area contributed by atoms with E-state index in [1.54, 1.807) is 31.6 Å². The SMILES string of the molecule is COCCNC(=O)C1(Cc2ccc(F)cc2)CCN(C(=O)Cc2ccc(-c3cccc(-c4cc5ccncc5[nH]4)c3O)cc2)CC1. The molecular formula is C37H37FN4O4. The van der Waals surface area contributed by atoms with Gasteiger partial charge in [-0.1, -0.05) is 48.5 Å². The van der Waals surface area contributed by atoms with E-state index in [0.717, 1.165) is 33.3 Å². The number of piperidine rings is 1. The zero-order chi connectivity index (χ0) is 32.1. The molecule has 0 saturated carbocycles. The number of pyridine rings is 1. The van der Waals surface area contributed by atoms with E-state index in [1.165, 1.54) is 12.1 Å². The Morgan fingerprint density at radius 3 is 2.43 bits per heavy atom. The molecule has 3 N–H and O–H groups in total. The standard InChI is InChI=1S/C37H37FN4O4/c1-46-20-17-40-36(45)37(23-26-7-11-29(38)12-8-26)14-18-42(19-15-37)34(43)21-25-5-9-27(10-6-25)30-3-2-4-31(35(30)44)32-22-28-13-16-39-24-33(28)41-32/h2-13,16,22,24,41,44H,14-15,17-21,23H2,1H3,(H,40,45). The van der Waals surface area contributed by atoms with Gasteiger partial charge in [-0.2, -0.15) is 0 Å². The van der Waals surface area contributed by atoms with Crippen LogP contribution < -0.4 is 5.32 Å². The van der Waals surface area contributed by atoms with Gasteiger partial charge < -0.3 is 25.0 Å². The van der Waals surface area contributed by atoms with Gasteiger partial charge in [0.1, 0.15) is 11.6 Å². The van der Waals surface area contributed by atoms with Crippen molar-refractivity contribution in [2.24, 2.45) is 5.41 Å². The van der Waals surface area contributed by atoms with Crippen LogP contribution in [0, 0.1) is 11.2 Å². The topological polar surface area (TPSA) is 108 Å². The molecule has 8 nitrogen and oxygen atoms in total. The van der Waals surface area contributed by atoms with E-state index in [9.17, 15) is 19.1 Å². The second-order valence-electron chi connectivity index (χ2n) is 11.9. The monoisotopic (exact) mass is 620 g/mol. The van der Waals surface area contributed by atoms with Gasteiger partial charge in [0.05, 0.1) is 35.9 Å². The number of rotatable bonds is 10. The van der Waals surface area contributed by atoms with Crippen LogP contribution in [0.1, 0.15) is 24.0 Å². The molecule has 0 atom stereocenters.